The van der Waals surface area contributed by atoms with Crippen molar-refractivity contribution in [3.05, 3.63) is 58.9 Å². The first-order valence-electron chi connectivity index (χ1n) is 7.88. The zero-order valence-corrected chi connectivity index (χ0v) is 13.3. The Balaban J connectivity index is 1.59. The second-order valence-electron chi connectivity index (χ2n) is 5.95. The Morgan fingerprint density at radius 2 is 2.21 bits per heavy atom. The summed E-state index contributed by atoms with van der Waals surface area (Å²) in [6.45, 7) is 1.20. The van der Waals surface area contributed by atoms with Crippen molar-refractivity contribution >= 4 is 22.9 Å². The number of aryl methyl sites for hydroxylation is 1. The molecular formula is C18H17FN4O. The molecule has 0 saturated carbocycles. The molecular weight excluding hydrogens is 307 g/mol. The number of hydrogen-bond donors (Lipinski definition) is 2. The molecule has 0 saturated heterocycles. The van der Waals surface area contributed by atoms with Crippen molar-refractivity contribution in [2.75, 3.05) is 11.9 Å². The highest BCUT2D eigenvalue weighted by atomic mass is 19.1. The van der Waals surface area contributed by atoms with E-state index in [1.165, 1.54) is 6.07 Å². The van der Waals surface area contributed by atoms with Crippen molar-refractivity contribution in [2.24, 2.45) is 7.05 Å². The quantitative estimate of drug-likeness (QED) is 0.778. The Hall–Kier alpha value is -2.89. The molecule has 0 unspecified atom stereocenters. The summed E-state index contributed by atoms with van der Waals surface area (Å²) in [6.07, 6.45) is 0.860. The van der Waals surface area contributed by atoms with Gasteiger partial charge in [0.25, 0.3) is 5.91 Å². The fourth-order valence-corrected chi connectivity index (χ4v) is 3.13. The number of rotatable bonds is 3. The molecule has 0 bridgehead atoms. The van der Waals surface area contributed by atoms with Crippen LogP contribution in [0.2, 0.25) is 0 Å². The SMILES string of the molecule is Cn1c(NCc2ccc3c(c2)C(=O)NCC3)nc2cccc(F)c21. The maximum Gasteiger partial charge on any atom is 0.251 e. The lowest BCUT2D eigenvalue weighted by atomic mass is 9.98. The van der Waals surface area contributed by atoms with Gasteiger partial charge >= 0.3 is 0 Å². The van der Waals surface area contributed by atoms with Gasteiger partial charge in [-0.25, -0.2) is 9.37 Å². The van der Waals surface area contributed by atoms with Crippen LogP contribution in [-0.2, 0) is 20.0 Å². The standard InChI is InChI=1S/C18H17FN4O/c1-23-16-14(19)3-2-4-15(16)22-18(23)21-10-11-5-6-12-7-8-20-17(24)13(12)9-11/h2-6,9H,7-8,10H2,1H3,(H,20,24)(H,21,22). The minimum Gasteiger partial charge on any atom is -0.352 e. The van der Waals surface area contributed by atoms with E-state index >= 15 is 0 Å². The van der Waals surface area contributed by atoms with Gasteiger partial charge in [0, 0.05) is 25.7 Å². The van der Waals surface area contributed by atoms with E-state index in [-0.39, 0.29) is 11.7 Å². The van der Waals surface area contributed by atoms with Crippen LogP contribution in [0.5, 0.6) is 0 Å². The third kappa shape index (κ3) is 2.40. The van der Waals surface area contributed by atoms with Gasteiger partial charge in [-0.1, -0.05) is 18.2 Å². The van der Waals surface area contributed by atoms with Crippen LogP contribution in [0.15, 0.2) is 36.4 Å². The molecule has 2 heterocycles. The van der Waals surface area contributed by atoms with Gasteiger partial charge in [0.1, 0.15) is 11.3 Å². The molecule has 2 aromatic carbocycles. The third-order valence-electron chi connectivity index (χ3n) is 4.39. The van der Waals surface area contributed by atoms with Gasteiger partial charge in [0.15, 0.2) is 0 Å². The zero-order valence-electron chi connectivity index (χ0n) is 13.3. The minimum absolute atomic E-state index is 0.0251. The number of nitrogens with one attached hydrogen (secondary N) is 2. The second-order valence-corrected chi connectivity index (χ2v) is 5.95. The molecule has 3 aromatic rings. The summed E-state index contributed by atoms with van der Waals surface area (Å²) in [5.41, 5.74) is 3.89. The van der Waals surface area contributed by atoms with Gasteiger partial charge < -0.3 is 15.2 Å². The Morgan fingerprint density at radius 1 is 1.33 bits per heavy atom. The van der Waals surface area contributed by atoms with Crippen molar-refractivity contribution in [3.63, 3.8) is 0 Å². The molecule has 1 aromatic heterocycles. The van der Waals surface area contributed by atoms with E-state index in [4.69, 9.17) is 0 Å². The number of fused-ring (bicyclic) bond motifs is 2. The Bertz CT molecular complexity index is 948. The molecule has 6 heteroatoms. The highest BCUT2D eigenvalue weighted by molar-refractivity contribution is 5.96. The number of aromatic nitrogens is 2. The largest absolute Gasteiger partial charge is 0.352 e. The van der Waals surface area contributed by atoms with E-state index in [1.54, 1.807) is 23.7 Å². The predicted molar refractivity (Wildman–Crippen MR) is 90.5 cm³/mol. The number of benzene rings is 2. The first-order chi connectivity index (χ1) is 11.6. The highest BCUT2D eigenvalue weighted by Gasteiger charge is 2.17. The Morgan fingerprint density at radius 3 is 3.04 bits per heavy atom. The summed E-state index contributed by atoms with van der Waals surface area (Å²) in [7, 11) is 1.78. The van der Waals surface area contributed by atoms with Crippen LogP contribution in [0.1, 0.15) is 21.5 Å². The number of carbonyl (C=O) groups is 1. The van der Waals surface area contributed by atoms with Crippen molar-refractivity contribution in [3.8, 4) is 0 Å². The molecule has 0 spiro atoms. The molecule has 4 rings (SSSR count). The number of amides is 1. The lowest BCUT2D eigenvalue weighted by Crippen LogP contribution is -2.31. The number of halogens is 1. The van der Waals surface area contributed by atoms with Crippen LogP contribution in [0.3, 0.4) is 0 Å². The summed E-state index contributed by atoms with van der Waals surface area (Å²) in [5, 5.41) is 6.08. The number of para-hydroxylation sites is 1. The van der Waals surface area contributed by atoms with E-state index in [2.05, 4.69) is 15.6 Å². The Labute approximate surface area is 138 Å². The molecule has 1 aliphatic heterocycles. The van der Waals surface area contributed by atoms with E-state index in [1.807, 2.05) is 18.2 Å². The van der Waals surface area contributed by atoms with Crippen LogP contribution in [0, 0.1) is 5.82 Å². The lowest BCUT2D eigenvalue weighted by Gasteiger charge is -2.17. The lowest BCUT2D eigenvalue weighted by molar-refractivity contribution is 0.0946. The van der Waals surface area contributed by atoms with Gasteiger partial charge in [-0.05, 0) is 35.7 Å². The normalized spacial score (nSPS) is 13.7. The van der Waals surface area contributed by atoms with Crippen LogP contribution >= 0.6 is 0 Å². The Kier molecular flexibility index (Phi) is 3.45. The molecule has 2 N–H and O–H groups in total. The number of carbonyl (C=O) groups excluding carboxylic acids is 1. The fourth-order valence-electron chi connectivity index (χ4n) is 3.13. The molecule has 0 radical (unpaired) electrons. The average Bonchev–Trinajstić information content (AvgIpc) is 2.91. The van der Waals surface area contributed by atoms with Gasteiger partial charge in [-0.15, -0.1) is 0 Å². The number of nitrogens with zero attached hydrogens (tertiary/aromatic N) is 2. The van der Waals surface area contributed by atoms with Crippen LogP contribution < -0.4 is 10.6 Å². The van der Waals surface area contributed by atoms with Gasteiger partial charge in [0.05, 0.1) is 5.52 Å². The molecule has 0 atom stereocenters. The minimum atomic E-state index is -0.291. The summed E-state index contributed by atoms with van der Waals surface area (Å²) < 4.78 is 15.6. The number of anilines is 1. The molecule has 0 fully saturated rings. The van der Waals surface area contributed by atoms with Gasteiger partial charge in [-0.3, -0.25) is 4.79 Å². The molecule has 1 amide bonds. The zero-order chi connectivity index (χ0) is 16.7. The predicted octanol–water partition coefficient (Wildman–Crippen LogP) is 2.61. The maximum absolute atomic E-state index is 13.9. The number of hydrogen-bond acceptors (Lipinski definition) is 3. The summed E-state index contributed by atoms with van der Waals surface area (Å²) >= 11 is 0. The molecule has 5 nitrogen and oxygen atoms in total. The number of imidazole rings is 1. The van der Waals surface area contributed by atoms with Crippen LogP contribution in [0.4, 0.5) is 10.3 Å². The van der Waals surface area contributed by atoms with E-state index in [9.17, 15) is 9.18 Å². The van der Waals surface area contributed by atoms with Crippen molar-refractivity contribution in [2.45, 2.75) is 13.0 Å². The smallest absolute Gasteiger partial charge is 0.251 e. The monoisotopic (exact) mass is 324 g/mol. The second kappa shape index (κ2) is 5.63. The van der Waals surface area contributed by atoms with Crippen molar-refractivity contribution < 1.29 is 9.18 Å². The maximum atomic E-state index is 13.9. The van der Waals surface area contributed by atoms with Gasteiger partial charge in [-0.2, -0.15) is 0 Å². The summed E-state index contributed by atoms with van der Waals surface area (Å²) in [5.74, 6) is 0.279. The fraction of sp³-hybridized carbons (Fsp3) is 0.222. The molecule has 122 valence electrons. The van der Waals surface area contributed by atoms with Crippen molar-refractivity contribution in [1.82, 2.24) is 14.9 Å². The third-order valence-corrected chi connectivity index (χ3v) is 4.39. The van der Waals surface area contributed by atoms with Crippen LogP contribution in [0.25, 0.3) is 11.0 Å². The average molecular weight is 324 g/mol. The molecule has 0 aliphatic carbocycles. The van der Waals surface area contributed by atoms with Gasteiger partial charge in [0.2, 0.25) is 5.95 Å². The topological polar surface area (TPSA) is 59.0 Å². The van der Waals surface area contributed by atoms with Crippen LogP contribution in [-0.4, -0.2) is 22.0 Å². The van der Waals surface area contributed by atoms with E-state index in [0.717, 1.165) is 23.1 Å². The first kappa shape index (κ1) is 14.7. The summed E-state index contributed by atoms with van der Waals surface area (Å²) in [4.78, 5) is 16.4. The highest BCUT2D eigenvalue weighted by Crippen LogP contribution is 2.22. The first-order valence-corrected chi connectivity index (χ1v) is 7.88. The van der Waals surface area contributed by atoms with E-state index in [0.29, 0.717) is 30.1 Å². The molecule has 1 aliphatic rings. The van der Waals surface area contributed by atoms with Crippen molar-refractivity contribution in [1.29, 1.82) is 0 Å². The van der Waals surface area contributed by atoms with E-state index < -0.39 is 0 Å². The summed E-state index contributed by atoms with van der Waals surface area (Å²) in [6, 6.07) is 10.8. The molecule has 24 heavy (non-hydrogen) atoms.